The van der Waals surface area contributed by atoms with Gasteiger partial charge in [-0.3, -0.25) is 9.59 Å². The predicted octanol–water partition coefficient (Wildman–Crippen LogP) is 16.8. The van der Waals surface area contributed by atoms with E-state index in [0.29, 0.717) is 38.5 Å². The Balaban J connectivity index is 2.11. The van der Waals surface area contributed by atoms with Crippen LogP contribution in [0.25, 0.3) is 0 Å². The summed E-state index contributed by atoms with van der Waals surface area (Å²) < 4.78 is 29.5. The number of unbranched alkanes of at least 4 members (excludes halogenated alkanes) is 46. The van der Waals surface area contributed by atoms with Gasteiger partial charge in [-0.25, -0.2) is 0 Å². The minimum atomic E-state index is -1.93. The molecule has 0 aromatic heterocycles. The molecule has 91 heavy (non-hydrogen) atoms. The van der Waals surface area contributed by atoms with Crippen molar-refractivity contribution in [1.29, 1.82) is 0 Å². The lowest BCUT2D eigenvalue weighted by molar-refractivity contribution is -0.377. The van der Waals surface area contributed by atoms with Crippen molar-refractivity contribution in [2.24, 2.45) is 11.8 Å². The van der Waals surface area contributed by atoms with Crippen LogP contribution in [0.15, 0.2) is 0 Å². The quantitative estimate of drug-likeness (QED) is 0.0209. The number of aliphatic hydroxyl groups is 8. The molecule has 0 aromatic carbocycles. The standard InChI is InChI=1S/C76H146O15/c1-5-9-13-17-21-25-29-33-37-41-45-49-53-57-63(79)61(55-51-47-43-39-35-31-27-23-19-15-11-7-3)73(85)89-71-66(60-78)88-75(69(83)68(71)82)91-76-70(84)72(67(81)65(59-77)87-76)90-74(86)62(56-52-48-44-40-36-32-28-24-20-16-12-8-4)64(80)58-54-50-46-42-38-34-30-26-22-18-14-10-6-2/h61-72,75-84H,5-60H2,1-4H3/t61?,62?,63?,64?,65-,66-,67-,68-,69-,70-,71-,72+,75-,76-/m1/s1. The van der Waals surface area contributed by atoms with Crippen molar-refractivity contribution in [2.45, 2.75) is 448 Å². The molecular formula is C76H146O15. The van der Waals surface area contributed by atoms with E-state index in [1.54, 1.807) is 0 Å². The van der Waals surface area contributed by atoms with Crippen molar-refractivity contribution >= 4 is 11.9 Å². The third kappa shape index (κ3) is 40.1. The molecule has 2 fully saturated rings. The number of hydrogen-bond acceptors (Lipinski definition) is 15. The molecule has 4 unspecified atom stereocenters. The van der Waals surface area contributed by atoms with E-state index in [0.717, 1.165) is 96.3 Å². The summed E-state index contributed by atoms with van der Waals surface area (Å²) in [4.78, 5) is 28.5. The summed E-state index contributed by atoms with van der Waals surface area (Å²) in [5, 5.41) is 90.7. The molecule has 15 heteroatoms. The van der Waals surface area contributed by atoms with Gasteiger partial charge >= 0.3 is 11.9 Å². The maximum Gasteiger partial charge on any atom is 0.312 e. The van der Waals surface area contributed by atoms with Gasteiger partial charge in [0.1, 0.15) is 36.6 Å². The van der Waals surface area contributed by atoms with E-state index in [-0.39, 0.29) is 0 Å². The Morgan fingerprint density at radius 1 is 0.308 bits per heavy atom. The first kappa shape index (κ1) is 85.6. The Labute approximate surface area is 556 Å². The molecule has 2 heterocycles. The summed E-state index contributed by atoms with van der Waals surface area (Å²) in [6.07, 6.45) is 40.7. The topological polar surface area (TPSA) is 242 Å². The number of ether oxygens (including phenoxy) is 5. The lowest BCUT2D eigenvalue weighted by Gasteiger charge is -2.46. The van der Waals surface area contributed by atoms with Gasteiger partial charge in [-0.15, -0.1) is 0 Å². The summed E-state index contributed by atoms with van der Waals surface area (Å²) in [6.45, 7) is 7.40. The molecule has 0 radical (unpaired) electrons. The van der Waals surface area contributed by atoms with E-state index in [9.17, 15) is 50.4 Å². The molecule has 15 nitrogen and oxygen atoms in total. The van der Waals surface area contributed by atoms with E-state index in [2.05, 4.69) is 27.7 Å². The van der Waals surface area contributed by atoms with E-state index in [1.807, 2.05) is 0 Å². The maximum atomic E-state index is 14.3. The third-order valence-corrected chi connectivity index (χ3v) is 19.9. The number of carbonyl (C=O) groups is 2. The van der Waals surface area contributed by atoms with Gasteiger partial charge in [-0.1, -0.05) is 349 Å². The van der Waals surface area contributed by atoms with Gasteiger partial charge in [0.05, 0.1) is 37.3 Å². The molecule has 2 rings (SSSR count). The second-order valence-corrected chi connectivity index (χ2v) is 28.1. The number of aliphatic hydroxyl groups excluding tert-OH is 8. The lowest BCUT2D eigenvalue weighted by Crippen LogP contribution is -2.65. The van der Waals surface area contributed by atoms with Crippen molar-refractivity contribution in [3.63, 3.8) is 0 Å². The normalized spacial score (nSPS) is 23.3. The monoisotopic (exact) mass is 1300 g/mol. The van der Waals surface area contributed by atoms with Gasteiger partial charge in [0.25, 0.3) is 0 Å². The van der Waals surface area contributed by atoms with Gasteiger partial charge in [-0.05, 0) is 25.7 Å². The largest absolute Gasteiger partial charge is 0.456 e. The average molecular weight is 1300 g/mol. The molecule has 0 aliphatic carbocycles. The first-order valence-corrected chi connectivity index (χ1v) is 39.1. The molecule has 0 saturated carbocycles. The third-order valence-electron chi connectivity index (χ3n) is 19.9. The van der Waals surface area contributed by atoms with Gasteiger partial charge in [0.2, 0.25) is 0 Å². The number of esters is 2. The number of hydrogen-bond donors (Lipinski definition) is 8. The SMILES string of the molecule is CCCCCCCCCCCCCCCC(O)C(CCCCCCCCCCCCCC)C(=O)O[C@@H]1[C@@H](O)[C@@H](O[C@H]2O[C@H](CO)[C@@H](OC(=O)C(CCCCCCCCCCCCCC)C(O)CCCCCCCCCCCCCCC)[C@H](O)[C@H]2O)O[C@H](CO)[C@H]1O. The summed E-state index contributed by atoms with van der Waals surface area (Å²) in [6, 6.07) is 0. The maximum absolute atomic E-state index is 14.3. The molecule has 0 amide bonds. The van der Waals surface area contributed by atoms with Crippen LogP contribution in [0.1, 0.15) is 374 Å². The number of rotatable bonds is 64. The number of carbonyl (C=O) groups excluding carboxylic acids is 2. The van der Waals surface area contributed by atoms with Crippen molar-refractivity contribution < 1.29 is 74.1 Å². The molecule has 0 aromatic rings. The van der Waals surface area contributed by atoms with Crippen LogP contribution in [0, 0.1) is 11.8 Å². The zero-order chi connectivity index (χ0) is 66.4. The van der Waals surface area contributed by atoms with Crippen LogP contribution < -0.4 is 0 Å². The second-order valence-electron chi connectivity index (χ2n) is 28.1. The van der Waals surface area contributed by atoms with Crippen LogP contribution in [-0.2, 0) is 33.3 Å². The molecule has 8 N–H and O–H groups in total. The van der Waals surface area contributed by atoms with Crippen molar-refractivity contribution in [1.82, 2.24) is 0 Å². The van der Waals surface area contributed by atoms with Gasteiger partial charge in [0, 0.05) is 0 Å². The van der Waals surface area contributed by atoms with E-state index >= 15 is 0 Å². The highest BCUT2D eigenvalue weighted by molar-refractivity contribution is 5.74. The smallest absolute Gasteiger partial charge is 0.312 e. The Morgan fingerprint density at radius 2 is 0.549 bits per heavy atom. The molecule has 2 saturated heterocycles. The van der Waals surface area contributed by atoms with Crippen LogP contribution in [0.4, 0.5) is 0 Å². The Bertz CT molecular complexity index is 1620. The van der Waals surface area contributed by atoms with Gasteiger partial charge in [-0.2, -0.15) is 0 Å². The van der Waals surface area contributed by atoms with E-state index < -0.39 is 111 Å². The molecule has 2 aliphatic rings. The van der Waals surface area contributed by atoms with Crippen molar-refractivity contribution in [3.05, 3.63) is 0 Å². The van der Waals surface area contributed by atoms with Gasteiger partial charge in [0.15, 0.2) is 24.8 Å². The molecular weight excluding hydrogens is 1150 g/mol. The Hall–Kier alpha value is -1.50. The second kappa shape index (κ2) is 58.6. The first-order chi connectivity index (χ1) is 44.4. The molecule has 2 aliphatic heterocycles. The predicted molar refractivity (Wildman–Crippen MR) is 367 cm³/mol. The summed E-state index contributed by atoms with van der Waals surface area (Å²) in [5.41, 5.74) is 0. The Morgan fingerprint density at radius 3 is 0.835 bits per heavy atom. The van der Waals surface area contributed by atoms with Gasteiger partial charge < -0.3 is 64.5 Å². The average Bonchev–Trinajstić information content (AvgIpc) is 0.858. The van der Waals surface area contributed by atoms with E-state index in [1.165, 1.54) is 212 Å². The first-order valence-electron chi connectivity index (χ1n) is 39.1. The van der Waals surface area contributed by atoms with E-state index in [4.69, 9.17) is 23.7 Å². The van der Waals surface area contributed by atoms with Crippen molar-refractivity contribution in [2.75, 3.05) is 13.2 Å². The molecule has 0 spiro atoms. The van der Waals surface area contributed by atoms with Crippen LogP contribution in [-0.4, -0.2) is 140 Å². The minimum Gasteiger partial charge on any atom is -0.456 e. The fraction of sp³-hybridized carbons (Fsp3) is 0.974. The fourth-order valence-corrected chi connectivity index (χ4v) is 13.7. The van der Waals surface area contributed by atoms with Crippen LogP contribution in [0.5, 0.6) is 0 Å². The highest BCUT2D eigenvalue weighted by atomic mass is 16.8. The highest BCUT2D eigenvalue weighted by Gasteiger charge is 2.53. The van der Waals surface area contributed by atoms with Crippen LogP contribution in [0.2, 0.25) is 0 Å². The fourth-order valence-electron chi connectivity index (χ4n) is 13.7. The molecule has 14 atom stereocenters. The highest BCUT2D eigenvalue weighted by Crippen LogP contribution is 2.33. The van der Waals surface area contributed by atoms with Crippen LogP contribution >= 0.6 is 0 Å². The summed E-state index contributed by atoms with van der Waals surface area (Å²) in [7, 11) is 0. The zero-order valence-corrected chi connectivity index (χ0v) is 59.1. The summed E-state index contributed by atoms with van der Waals surface area (Å²) in [5.74, 6) is -3.41. The lowest BCUT2D eigenvalue weighted by atomic mass is 9.91. The molecule has 0 bridgehead atoms. The summed E-state index contributed by atoms with van der Waals surface area (Å²) >= 11 is 0. The molecule has 540 valence electrons. The Kier molecular flexibility index (Phi) is 55.1. The minimum absolute atomic E-state index is 0.349. The van der Waals surface area contributed by atoms with Crippen molar-refractivity contribution in [3.8, 4) is 0 Å². The van der Waals surface area contributed by atoms with Crippen LogP contribution in [0.3, 0.4) is 0 Å². The zero-order valence-electron chi connectivity index (χ0n) is 59.1.